The highest BCUT2D eigenvalue weighted by Crippen LogP contribution is 2.22. The molecule has 0 saturated carbocycles. The molecule has 1 aliphatic heterocycles. The molecular weight excluding hydrogens is 172 g/mol. The van der Waals surface area contributed by atoms with E-state index >= 15 is 0 Å². The number of hydroxylamine groups is 1. The zero-order valence-electron chi connectivity index (χ0n) is 6.28. The molecule has 0 saturated heterocycles. The second kappa shape index (κ2) is 2.82. The molecule has 1 N–H and O–H groups in total. The Bertz CT molecular complexity index is 327. The van der Waals surface area contributed by atoms with E-state index in [1.54, 1.807) is 6.07 Å². The van der Waals surface area contributed by atoms with Crippen molar-refractivity contribution < 1.29 is 0 Å². The molecule has 1 radical (unpaired) electrons. The number of hydrogen-bond donors (Lipinski definition) is 1. The Hall–Kier alpha value is -0.970. The molecular formula is C8H7N2OS. The molecule has 1 aromatic rings. The van der Waals surface area contributed by atoms with Crippen molar-refractivity contribution in [3.05, 3.63) is 35.0 Å². The zero-order chi connectivity index (χ0) is 8.55. The minimum Gasteiger partial charge on any atom is -0.569 e. The summed E-state index contributed by atoms with van der Waals surface area (Å²) in [4.78, 5) is 0. The van der Waals surface area contributed by atoms with Crippen molar-refractivity contribution in [2.45, 2.75) is 6.54 Å². The highest BCUT2D eigenvalue weighted by atomic mass is 32.1. The Kier molecular flexibility index (Phi) is 1.80. The summed E-state index contributed by atoms with van der Waals surface area (Å²) in [5.41, 5.74) is 1.64. The second-order valence-corrected chi connectivity index (χ2v) is 2.97. The molecule has 0 amide bonds. The molecule has 1 aliphatic rings. The van der Waals surface area contributed by atoms with Crippen LogP contribution in [-0.4, -0.2) is 5.11 Å². The molecule has 1 aromatic carbocycles. The summed E-state index contributed by atoms with van der Waals surface area (Å²) in [6.07, 6.45) is 0. The van der Waals surface area contributed by atoms with E-state index < -0.39 is 0 Å². The molecule has 0 aliphatic carbocycles. The number of benzene rings is 1. The van der Waals surface area contributed by atoms with E-state index in [4.69, 9.17) is 12.2 Å². The fourth-order valence-corrected chi connectivity index (χ4v) is 1.38. The Morgan fingerprint density at radius 2 is 2.17 bits per heavy atom. The van der Waals surface area contributed by atoms with E-state index in [1.807, 2.05) is 18.2 Å². The van der Waals surface area contributed by atoms with Gasteiger partial charge in [-0.15, -0.1) is 0 Å². The maximum atomic E-state index is 11.3. The third kappa shape index (κ3) is 1.10. The van der Waals surface area contributed by atoms with Gasteiger partial charge in [-0.25, -0.2) is 0 Å². The van der Waals surface area contributed by atoms with Crippen LogP contribution in [0.5, 0.6) is 0 Å². The Labute approximate surface area is 75.6 Å². The van der Waals surface area contributed by atoms with Gasteiger partial charge < -0.3 is 10.5 Å². The van der Waals surface area contributed by atoms with E-state index in [0.29, 0.717) is 12.2 Å². The fraction of sp³-hybridized carbons (Fsp3) is 0.125. The summed E-state index contributed by atoms with van der Waals surface area (Å²) < 4.78 is 0. The Balaban J connectivity index is 2.48. The zero-order valence-corrected chi connectivity index (χ0v) is 7.10. The molecule has 0 bridgehead atoms. The number of anilines is 1. The third-order valence-corrected chi connectivity index (χ3v) is 2.14. The van der Waals surface area contributed by atoms with Crippen LogP contribution in [0.1, 0.15) is 5.56 Å². The van der Waals surface area contributed by atoms with E-state index in [9.17, 15) is 5.21 Å². The van der Waals surface area contributed by atoms with Gasteiger partial charge in [0.2, 0.25) is 0 Å². The second-order valence-electron chi connectivity index (χ2n) is 2.58. The number of nitrogens with zero attached hydrogens (tertiary/aromatic N) is 1. The van der Waals surface area contributed by atoms with Crippen LogP contribution in [0.4, 0.5) is 5.69 Å². The van der Waals surface area contributed by atoms with E-state index in [2.05, 4.69) is 5.32 Å². The molecule has 4 heteroatoms. The van der Waals surface area contributed by atoms with Crippen molar-refractivity contribution in [3.8, 4) is 0 Å². The highest BCUT2D eigenvalue weighted by Gasteiger charge is 2.24. The highest BCUT2D eigenvalue weighted by molar-refractivity contribution is 7.80. The number of rotatable bonds is 0. The van der Waals surface area contributed by atoms with Crippen molar-refractivity contribution in [3.63, 3.8) is 0 Å². The summed E-state index contributed by atoms with van der Waals surface area (Å²) in [5, 5.41) is 15.2. The summed E-state index contributed by atoms with van der Waals surface area (Å²) in [5.74, 6) is 0. The van der Waals surface area contributed by atoms with Gasteiger partial charge in [0.15, 0.2) is 5.69 Å². The first-order valence-electron chi connectivity index (χ1n) is 3.62. The molecule has 0 aromatic heterocycles. The van der Waals surface area contributed by atoms with Crippen molar-refractivity contribution in [1.29, 1.82) is 0 Å². The first kappa shape index (κ1) is 7.67. The fourth-order valence-electron chi connectivity index (χ4n) is 1.21. The number of thiocarbonyl (C=S) groups is 1. The molecule has 12 heavy (non-hydrogen) atoms. The average molecular weight is 179 g/mol. The molecule has 0 fully saturated rings. The van der Waals surface area contributed by atoms with Crippen LogP contribution in [0.2, 0.25) is 0 Å². The van der Waals surface area contributed by atoms with Crippen molar-refractivity contribution >= 4 is 23.0 Å². The van der Waals surface area contributed by atoms with Gasteiger partial charge in [-0.05, 0) is 0 Å². The standard InChI is InChI=1S/C8H7N2OS/c11-10-7-4-2-1-3-6(7)5-9-8(10)12/h1-4H,5H2,(H,9,12). The summed E-state index contributed by atoms with van der Waals surface area (Å²) in [6.45, 7) is 0.647. The lowest BCUT2D eigenvalue weighted by Gasteiger charge is -2.21. The molecule has 61 valence electrons. The smallest absolute Gasteiger partial charge is 0.326 e. The van der Waals surface area contributed by atoms with E-state index in [0.717, 1.165) is 10.6 Å². The van der Waals surface area contributed by atoms with Gasteiger partial charge in [-0.2, -0.15) is 0 Å². The molecule has 0 unspecified atom stereocenters. The number of para-hydroxylation sites is 1. The maximum absolute atomic E-state index is 11.3. The van der Waals surface area contributed by atoms with Gasteiger partial charge in [-0.1, -0.05) is 23.3 Å². The summed E-state index contributed by atoms with van der Waals surface area (Å²) in [7, 11) is 0. The summed E-state index contributed by atoms with van der Waals surface area (Å²) in [6, 6.07) is 7.42. The monoisotopic (exact) mass is 179 g/mol. The van der Waals surface area contributed by atoms with Crippen LogP contribution in [0.3, 0.4) is 0 Å². The number of hydrogen-bond acceptors (Lipinski definition) is 2. The predicted molar refractivity (Wildman–Crippen MR) is 51.0 cm³/mol. The molecule has 1 heterocycles. The Morgan fingerprint density at radius 1 is 1.42 bits per heavy atom. The topological polar surface area (TPSA) is 41.0 Å². The third-order valence-electron chi connectivity index (χ3n) is 1.82. The van der Waals surface area contributed by atoms with E-state index in [-0.39, 0.29) is 5.11 Å². The van der Waals surface area contributed by atoms with Crippen molar-refractivity contribution in [2.24, 2.45) is 0 Å². The molecule has 0 atom stereocenters. The van der Waals surface area contributed by atoms with E-state index in [1.165, 1.54) is 0 Å². The first-order valence-corrected chi connectivity index (χ1v) is 4.03. The number of nitrogens with one attached hydrogen (secondary N) is 1. The van der Waals surface area contributed by atoms with Crippen LogP contribution < -0.4 is 10.4 Å². The van der Waals surface area contributed by atoms with Crippen LogP contribution >= 0.6 is 12.2 Å². The van der Waals surface area contributed by atoms with Crippen LogP contribution in [0.25, 0.3) is 0 Å². The quantitative estimate of drug-likeness (QED) is 0.371. The van der Waals surface area contributed by atoms with Gasteiger partial charge in [0, 0.05) is 23.8 Å². The van der Waals surface area contributed by atoms with Crippen LogP contribution in [0.15, 0.2) is 24.3 Å². The van der Waals surface area contributed by atoms with Gasteiger partial charge in [-0.3, -0.25) is 0 Å². The van der Waals surface area contributed by atoms with Gasteiger partial charge >= 0.3 is 5.11 Å². The maximum Gasteiger partial charge on any atom is 0.326 e. The minimum absolute atomic E-state index is 0.244. The molecule has 2 rings (SSSR count). The van der Waals surface area contributed by atoms with Gasteiger partial charge in [0.1, 0.15) is 0 Å². The minimum atomic E-state index is 0.244. The van der Waals surface area contributed by atoms with Crippen molar-refractivity contribution in [1.82, 2.24) is 10.4 Å². The lowest BCUT2D eigenvalue weighted by atomic mass is 10.1. The lowest BCUT2D eigenvalue weighted by Crippen LogP contribution is -2.40. The summed E-state index contributed by atoms with van der Waals surface area (Å²) >= 11 is 4.81. The Morgan fingerprint density at radius 3 is 3.00 bits per heavy atom. The van der Waals surface area contributed by atoms with Gasteiger partial charge in [0.25, 0.3) is 0 Å². The first-order chi connectivity index (χ1) is 5.79. The van der Waals surface area contributed by atoms with Crippen LogP contribution in [0, 0.1) is 5.21 Å². The molecule has 0 spiro atoms. The predicted octanol–water partition coefficient (Wildman–Crippen LogP) is 1.34. The SMILES string of the molecule is [O-][N+]1C(=S)NCc2ccccc21. The van der Waals surface area contributed by atoms with Crippen molar-refractivity contribution in [2.75, 3.05) is 0 Å². The molecule has 3 nitrogen and oxygen atoms in total. The average Bonchev–Trinajstić information content (AvgIpc) is 2.12. The largest absolute Gasteiger partial charge is 0.569 e. The number of fused-ring (bicyclic) bond motifs is 1. The van der Waals surface area contributed by atoms with Crippen LogP contribution in [-0.2, 0) is 6.54 Å². The normalized spacial score (nSPS) is 16.9. The van der Waals surface area contributed by atoms with Gasteiger partial charge in [0.05, 0.1) is 6.54 Å². The lowest BCUT2D eigenvalue weighted by molar-refractivity contribution is 0.786.